The predicted octanol–water partition coefficient (Wildman–Crippen LogP) is 3.74. The molecule has 0 aliphatic heterocycles. The Bertz CT molecular complexity index is 412. The summed E-state index contributed by atoms with van der Waals surface area (Å²) in [5.74, 6) is 0.673. The van der Waals surface area contributed by atoms with Gasteiger partial charge in [-0.2, -0.15) is 0 Å². The molecule has 0 unspecified atom stereocenters. The van der Waals surface area contributed by atoms with E-state index in [9.17, 15) is 4.79 Å². The van der Waals surface area contributed by atoms with Gasteiger partial charge in [0.2, 0.25) is 5.91 Å². The maximum absolute atomic E-state index is 12.4. The lowest BCUT2D eigenvalue weighted by molar-refractivity contribution is -0.126. The summed E-state index contributed by atoms with van der Waals surface area (Å²) in [4.78, 5) is 12.4. The van der Waals surface area contributed by atoms with Crippen LogP contribution in [0.2, 0.25) is 0 Å². The summed E-state index contributed by atoms with van der Waals surface area (Å²) in [6.07, 6.45) is 0.889. The van der Waals surface area contributed by atoms with Crippen LogP contribution in [0.15, 0.2) is 30.3 Å². The molecule has 2 nitrogen and oxygen atoms in total. The molecule has 1 amide bonds. The van der Waals surface area contributed by atoms with E-state index in [0.717, 1.165) is 12.0 Å². The molecule has 0 spiro atoms. The summed E-state index contributed by atoms with van der Waals surface area (Å²) in [5, 5.41) is 3.05. The highest BCUT2D eigenvalue weighted by atomic mass is 35.5. The van der Waals surface area contributed by atoms with E-state index < -0.39 is 5.41 Å². The SMILES string of the molecule is CC(C)(CCCl)CNC(=O)C(C)(C)c1ccccc1. The molecule has 0 radical (unpaired) electrons. The van der Waals surface area contributed by atoms with E-state index in [2.05, 4.69) is 19.2 Å². The third kappa shape index (κ3) is 4.54. The van der Waals surface area contributed by atoms with Crippen molar-refractivity contribution >= 4 is 17.5 Å². The molecule has 0 saturated heterocycles. The standard InChI is InChI=1S/C16H24ClNO/c1-15(2,10-11-17)12-18-14(19)16(3,4)13-8-6-5-7-9-13/h5-9H,10-12H2,1-4H3,(H,18,19). The van der Waals surface area contributed by atoms with Gasteiger partial charge >= 0.3 is 0 Å². The van der Waals surface area contributed by atoms with Gasteiger partial charge in [-0.15, -0.1) is 11.6 Å². The Morgan fingerprint density at radius 3 is 2.26 bits per heavy atom. The van der Waals surface area contributed by atoms with Crippen LogP contribution in [0, 0.1) is 5.41 Å². The molecule has 0 aliphatic rings. The molecular formula is C16H24ClNO. The summed E-state index contributed by atoms with van der Waals surface area (Å²) in [6, 6.07) is 9.86. The molecule has 0 aromatic heterocycles. The van der Waals surface area contributed by atoms with Crippen LogP contribution in [-0.2, 0) is 10.2 Å². The lowest BCUT2D eigenvalue weighted by Crippen LogP contribution is -2.44. The lowest BCUT2D eigenvalue weighted by atomic mass is 9.83. The first kappa shape index (κ1) is 16.0. The van der Waals surface area contributed by atoms with Crippen LogP contribution in [0.25, 0.3) is 0 Å². The van der Waals surface area contributed by atoms with Crippen molar-refractivity contribution in [2.75, 3.05) is 12.4 Å². The monoisotopic (exact) mass is 281 g/mol. The van der Waals surface area contributed by atoms with Crippen molar-refractivity contribution in [1.29, 1.82) is 0 Å². The Kier molecular flexibility index (Phi) is 5.42. The molecule has 19 heavy (non-hydrogen) atoms. The predicted molar refractivity (Wildman–Crippen MR) is 81.6 cm³/mol. The highest BCUT2D eigenvalue weighted by Gasteiger charge is 2.30. The van der Waals surface area contributed by atoms with Gasteiger partial charge in [-0.3, -0.25) is 4.79 Å². The number of carbonyl (C=O) groups excluding carboxylic acids is 1. The first-order valence-corrected chi connectivity index (χ1v) is 7.23. The Hall–Kier alpha value is -1.02. The highest BCUT2D eigenvalue weighted by molar-refractivity contribution is 6.17. The zero-order chi connectivity index (χ0) is 14.5. The van der Waals surface area contributed by atoms with Gasteiger partial charge in [-0.25, -0.2) is 0 Å². The maximum Gasteiger partial charge on any atom is 0.230 e. The minimum atomic E-state index is -0.516. The average molecular weight is 282 g/mol. The molecule has 0 aliphatic carbocycles. The molecule has 1 N–H and O–H groups in total. The van der Waals surface area contributed by atoms with Crippen LogP contribution in [0.5, 0.6) is 0 Å². The molecule has 1 aromatic carbocycles. The molecule has 0 heterocycles. The number of benzene rings is 1. The number of nitrogens with one attached hydrogen (secondary N) is 1. The number of alkyl halides is 1. The van der Waals surface area contributed by atoms with Crippen LogP contribution in [-0.4, -0.2) is 18.3 Å². The summed E-state index contributed by atoms with van der Waals surface area (Å²) < 4.78 is 0. The number of carbonyl (C=O) groups is 1. The van der Waals surface area contributed by atoms with Gasteiger partial charge in [-0.05, 0) is 31.2 Å². The molecule has 1 aromatic rings. The van der Waals surface area contributed by atoms with Crippen molar-refractivity contribution in [1.82, 2.24) is 5.32 Å². The third-order valence-corrected chi connectivity index (χ3v) is 3.75. The summed E-state index contributed by atoms with van der Waals surface area (Å²) in [5.41, 5.74) is 0.547. The van der Waals surface area contributed by atoms with Crippen molar-refractivity contribution < 1.29 is 4.79 Å². The molecule has 106 valence electrons. The highest BCUT2D eigenvalue weighted by Crippen LogP contribution is 2.24. The molecule has 0 saturated carbocycles. The molecule has 0 atom stereocenters. The van der Waals surface area contributed by atoms with Crippen molar-refractivity contribution in [3.8, 4) is 0 Å². The minimum absolute atomic E-state index is 0.0319. The maximum atomic E-state index is 12.4. The Labute approximate surface area is 121 Å². The van der Waals surface area contributed by atoms with E-state index in [0.29, 0.717) is 12.4 Å². The van der Waals surface area contributed by atoms with Crippen molar-refractivity contribution in [2.45, 2.75) is 39.5 Å². The fraction of sp³-hybridized carbons (Fsp3) is 0.562. The molecule has 0 bridgehead atoms. The molecule has 3 heteroatoms. The third-order valence-electron chi connectivity index (χ3n) is 3.56. The Morgan fingerprint density at radius 1 is 1.16 bits per heavy atom. The van der Waals surface area contributed by atoms with Gasteiger partial charge in [0.15, 0.2) is 0 Å². The van der Waals surface area contributed by atoms with Gasteiger partial charge in [0.05, 0.1) is 5.41 Å². The van der Waals surface area contributed by atoms with Gasteiger partial charge in [-0.1, -0.05) is 44.2 Å². The molecule has 0 fully saturated rings. The topological polar surface area (TPSA) is 29.1 Å². The largest absolute Gasteiger partial charge is 0.355 e. The number of amides is 1. The normalized spacial score (nSPS) is 12.3. The Balaban J connectivity index is 2.68. The van der Waals surface area contributed by atoms with E-state index in [4.69, 9.17) is 11.6 Å². The number of halogens is 1. The van der Waals surface area contributed by atoms with Crippen LogP contribution in [0.3, 0.4) is 0 Å². The second-order valence-electron chi connectivity index (χ2n) is 6.28. The molecule has 1 rings (SSSR count). The second kappa shape index (κ2) is 6.42. The van der Waals surface area contributed by atoms with E-state index >= 15 is 0 Å². The van der Waals surface area contributed by atoms with Crippen molar-refractivity contribution in [2.24, 2.45) is 5.41 Å². The van der Waals surface area contributed by atoms with Crippen LogP contribution in [0.4, 0.5) is 0 Å². The van der Waals surface area contributed by atoms with Gasteiger partial charge in [0.25, 0.3) is 0 Å². The van der Waals surface area contributed by atoms with E-state index in [1.807, 2.05) is 44.2 Å². The summed E-state index contributed by atoms with van der Waals surface area (Å²) >= 11 is 5.77. The second-order valence-corrected chi connectivity index (χ2v) is 6.65. The zero-order valence-corrected chi connectivity index (χ0v) is 13.1. The van der Waals surface area contributed by atoms with Gasteiger partial charge < -0.3 is 5.32 Å². The number of rotatable bonds is 6. The first-order valence-electron chi connectivity index (χ1n) is 6.69. The van der Waals surface area contributed by atoms with Gasteiger partial charge in [0, 0.05) is 12.4 Å². The van der Waals surface area contributed by atoms with Crippen molar-refractivity contribution in [3.05, 3.63) is 35.9 Å². The zero-order valence-electron chi connectivity index (χ0n) is 12.3. The Morgan fingerprint density at radius 2 is 1.74 bits per heavy atom. The van der Waals surface area contributed by atoms with Crippen LogP contribution < -0.4 is 5.32 Å². The average Bonchev–Trinajstić information content (AvgIpc) is 2.37. The smallest absolute Gasteiger partial charge is 0.230 e. The fourth-order valence-electron chi connectivity index (χ4n) is 1.87. The lowest BCUT2D eigenvalue weighted by Gasteiger charge is -2.29. The number of hydrogen-bond donors (Lipinski definition) is 1. The van der Waals surface area contributed by atoms with E-state index in [1.165, 1.54) is 0 Å². The van der Waals surface area contributed by atoms with Gasteiger partial charge in [0.1, 0.15) is 0 Å². The van der Waals surface area contributed by atoms with Crippen molar-refractivity contribution in [3.63, 3.8) is 0 Å². The summed E-state index contributed by atoms with van der Waals surface area (Å²) in [6.45, 7) is 8.78. The first-order chi connectivity index (χ1) is 8.79. The van der Waals surface area contributed by atoms with E-state index in [1.54, 1.807) is 0 Å². The minimum Gasteiger partial charge on any atom is -0.355 e. The van der Waals surface area contributed by atoms with E-state index in [-0.39, 0.29) is 11.3 Å². The molecular weight excluding hydrogens is 258 g/mol. The van der Waals surface area contributed by atoms with Crippen LogP contribution >= 0.6 is 11.6 Å². The number of hydrogen-bond acceptors (Lipinski definition) is 1. The summed E-state index contributed by atoms with van der Waals surface area (Å²) in [7, 11) is 0. The fourth-order valence-corrected chi connectivity index (χ4v) is 2.38. The quantitative estimate of drug-likeness (QED) is 0.791. The van der Waals surface area contributed by atoms with Crippen LogP contribution in [0.1, 0.15) is 39.7 Å².